The molecule has 0 amide bonds. The lowest BCUT2D eigenvalue weighted by molar-refractivity contribution is 0.625. The Morgan fingerprint density at radius 2 is 2.26 bits per heavy atom. The van der Waals surface area contributed by atoms with Crippen LogP contribution in [0.25, 0.3) is 0 Å². The number of rotatable bonds is 5. The van der Waals surface area contributed by atoms with Crippen LogP contribution in [-0.2, 0) is 6.54 Å². The topological polar surface area (TPSA) is 59.8 Å². The van der Waals surface area contributed by atoms with Crippen molar-refractivity contribution in [3.8, 4) is 0 Å². The van der Waals surface area contributed by atoms with Crippen LogP contribution in [0.2, 0.25) is 0 Å². The molecule has 2 aromatic heterocycles. The van der Waals surface area contributed by atoms with E-state index in [1.165, 1.54) is 4.68 Å². The van der Waals surface area contributed by atoms with E-state index in [9.17, 15) is 4.79 Å². The fourth-order valence-electron chi connectivity index (χ4n) is 1.74. The zero-order valence-corrected chi connectivity index (χ0v) is 11.3. The minimum Gasteiger partial charge on any atom is -0.384 e. The van der Waals surface area contributed by atoms with E-state index in [-0.39, 0.29) is 5.56 Å². The molecule has 1 N–H and O–H groups in total. The lowest BCUT2D eigenvalue weighted by atomic mass is 10.2. The Labute approximate surface area is 112 Å². The summed E-state index contributed by atoms with van der Waals surface area (Å²) in [6.07, 6.45) is 4.41. The molecule has 2 heterocycles. The maximum Gasteiger partial charge on any atom is 0.269 e. The molecule has 0 aromatic carbocycles. The molecule has 0 saturated heterocycles. The van der Waals surface area contributed by atoms with Gasteiger partial charge in [-0.25, -0.2) is 4.68 Å². The van der Waals surface area contributed by atoms with Crippen molar-refractivity contribution in [2.24, 2.45) is 0 Å². The predicted octanol–water partition coefficient (Wildman–Crippen LogP) is 1.82. The molecule has 0 aliphatic rings. The third-order valence-electron chi connectivity index (χ3n) is 2.87. The molecule has 100 valence electrons. The van der Waals surface area contributed by atoms with E-state index in [2.05, 4.69) is 22.3 Å². The maximum absolute atomic E-state index is 12.0. The Morgan fingerprint density at radius 1 is 1.42 bits per heavy atom. The average Bonchev–Trinajstić information content (AvgIpc) is 2.41. The molecule has 0 fully saturated rings. The highest BCUT2D eigenvalue weighted by molar-refractivity contribution is 5.38. The van der Waals surface area contributed by atoms with Crippen molar-refractivity contribution < 1.29 is 0 Å². The SMILES string of the molecule is CCCNc1cnn(Cc2ncccc2C)c(=O)c1. The van der Waals surface area contributed by atoms with Crippen LogP contribution in [-0.4, -0.2) is 21.3 Å². The van der Waals surface area contributed by atoms with E-state index in [1.54, 1.807) is 18.5 Å². The van der Waals surface area contributed by atoms with E-state index < -0.39 is 0 Å². The van der Waals surface area contributed by atoms with Crippen molar-refractivity contribution in [2.45, 2.75) is 26.8 Å². The van der Waals surface area contributed by atoms with Crippen molar-refractivity contribution >= 4 is 5.69 Å². The van der Waals surface area contributed by atoms with E-state index in [0.29, 0.717) is 6.54 Å². The number of hydrogen-bond acceptors (Lipinski definition) is 4. The highest BCUT2D eigenvalue weighted by Gasteiger charge is 2.04. The monoisotopic (exact) mass is 258 g/mol. The lowest BCUT2D eigenvalue weighted by Crippen LogP contribution is -2.24. The molecule has 19 heavy (non-hydrogen) atoms. The summed E-state index contributed by atoms with van der Waals surface area (Å²) < 4.78 is 1.42. The fourth-order valence-corrected chi connectivity index (χ4v) is 1.74. The number of pyridine rings is 1. The zero-order valence-electron chi connectivity index (χ0n) is 11.3. The van der Waals surface area contributed by atoms with E-state index in [0.717, 1.165) is 29.9 Å². The van der Waals surface area contributed by atoms with Crippen molar-refractivity contribution in [2.75, 3.05) is 11.9 Å². The summed E-state index contributed by atoms with van der Waals surface area (Å²) in [7, 11) is 0. The first-order valence-corrected chi connectivity index (χ1v) is 6.42. The first-order valence-electron chi connectivity index (χ1n) is 6.42. The Bertz CT molecular complexity index is 606. The molecule has 0 saturated carbocycles. The van der Waals surface area contributed by atoms with Gasteiger partial charge in [0.25, 0.3) is 5.56 Å². The molecule has 0 bridgehead atoms. The van der Waals surface area contributed by atoms with Gasteiger partial charge >= 0.3 is 0 Å². The Hall–Kier alpha value is -2.17. The molecule has 0 spiro atoms. The number of anilines is 1. The second-order valence-electron chi connectivity index (χ2n) is 4.43. The van der Waals surface area contributed by atoms with Crippen LogP contribution in [0.15, 0.2) is 35.4 Å². The van der Waals surface area contributed by atoms with Crippen LogP contribution in [0, 0.1) is 6.92 Å². The second-order valence-corrected chi connectivity index (χ2v) is 4.43. The van der Waals surface area contributed by atoms with Crippen LogP contribution in [0.1, 0.15) is 24.6 Å². The summed E-state index contributed by atoms with van der Waals surface area (Å²) in [6, 6.07) is 5.43. The molecule has 5 nitrogen and oxygen atoms in total. The number of nitrogens with zero attached hydrogens (tertiary/aromatic N) is 3. The molecule has 0 radical (unpaired) electrons. The molecule has 5 heteroatoms. The number of aryl methyl sites for hydroxylation is 1. The molecule has 2 aromatic rings. The van der Waals surface area contributed by atoms with Gasteiger partial charge in [-0.1, -0.05) is 13.0 Å². The average molecular weight is 258 g/mol. The molecule has 0 aliphatic heterocycles. The summed E-state index contributed by atoms with van der Waals surface area (Å²) in [6.45, 7) is 5.29. The fraction of sp³-hybridized carbons (Fsp3) is 0.357. The third kappa shape index (κ3) is 3.40. The van der Waals surface area contributed by atoms with Crippen molar-refractivity contribution in [1.82, 2.24) is 14.8 Å². The van der Waals surface area contributed by atoms with Gasteiger partial charge in [0.05, 0.1) is 24.1 Å². The summed E-state index contributed by atoms with van der Waals surface area (Å²) in [4.78, 5) is 16.2. The maximum atomic E-state index is 12.0. The Kier molecular flexibility index (Phi) is 4.28. The van der Waals surface area contributed by atoms with E-state index in [1.807, 2.05) is 19.1 Å². The highest BCUT2D eigenvalue weighted by atomic mass is 16.1. The molecule has 2 rings (SSSR count). The summed E-state index contributed by atoms with van der Waals surface area (Å²) in [5.41, 5.74) is 2.57. The van der Waals surface area contributed by atoms with Gasteiger partial charge in [0.2, 0.25) is 0 Å². The second kappa shape index (κ2) is 6.13. The van der Waals surface area contributed by atoms with Crippen molar-refractivity contribution in [1.29, 1.82) is 0 Å². The van der Waals surface area contributed by atoms with Gasteiger partial charge in [-0.2, -0.15) is 5.10 Å². The molecule has 0 atom stereocenters. The van der Waals surface area contributed by atoms with Crippen molar-refractivity contribution in [3.05, 3.63) is 52.2 Å². The zero-order chi connectivity index (χ0) is 13.7. The molecule has 0 unspecified atom stereocenters. The first kappa shape index (κ1) is 13.3. The Morgan fingerprint density at radius 3 is 2.95 bits per heavy atom. The predicted molar refractivity (Wildman–Crippen MR) is 75.4 cm³/mol. The van der Waals surface area contributed by atoms with Gasteiger partial charge in [0.15, 0.2) is 0 Å². The minimum absolute atomic E-state index is 0.119. The summed E-state index contributed by atoms with van der Waals surface area (Å²) >= 11 is 0. The molecule has 0 aliphatic carbocycles. The molecular formula is C14H18N4O. The van der Waals surface area contributed by atoms with E-state index in [4.69, 9.17) is 0 Å². The molecular weight excluding hydrogens is 240 g/mol. The number of hydrogen-bond donors (Lipinski definition) is 1. The van der Waals surface area contributed by atoms with Gasteiger partial charge < -0.3 is 5.32 Å². The van der Waals surface area contributed by atoms with Gasteiger partial charge in [-0.3, -0.25) is 9.78 Å². The van der Waals surface area contributed by atoms with Crippen LogP contribution >= 0.6 is 0 Å². The van der Waals surface area contributed by atoms with Crippen LogP contribution in [0.3, 0.4) is 0 Å². The Balaban J connectivity index is 2.18. The van der Waals surface area contributed by atoms with Crippen molar-refractivity contribution in [3.63, 3.8) is 0 Å². The first-order chi connectivity index (χ1) is 9.20. The minimum atomic E-state index is -0.119. The van der Waals surface area contributed by atoms with E-state index >= 15 is 0 Å². The van der Waals surface area contributed by atoms with Gasteiger partial charge in [0.1, 0.15) is 0 Å². The lowest BCUT2D eigenvalue weighted by Gasteiger charge is -2.08. The van der Waals surface area contributed by atoms with Crippen LogP contribution in [0.5, 0.6) is 0 Å². The largest absolute Gasteiger partial charge is 0.384 e. The number of aromatic nitrogens is 3. The normalized spacial score (nSPS) is 10.4. The third-order valence-corrected chi connectivity index (χ3v) is 2.87. The summed E-state index contributed by atoms with van der Waals surface area (Å²) in [5, 5.41) is 7.32. The smallest absolute Gasteiger partial charge is 0.269 e. The summed E-state index contributed by atoms with van der Waals surface area (Å²) in [5.74, 6) is 0. The van der Waals surface area contributed by atoms with Gasteiger partial charge in [-0.05, 0) is 25.0 Å². The highest BCUT2D eigenvalue weighted by Crippen LogP contribution is 2.05. The quantitative estimate of drug-likeness (QED) is 0.888. The standard InChI is InChI=1S/C14H18N4O/c1-3-6-15-12-8-14(19)18(17-9-12)10-13-11(2)5-4-7-16-13/h4-5,7-9,15H,3,6,10H2,1-2H3. The van der Waals surface area contributed by atoms with Crippen LogP contribution < -0.4 is 10.9 Å². The number of nitrogens with one attached hydrogen (secondary N) is 1. The van der Waals surface area contributed by atoms with Crippen LogP contribution in [0.4, 0.5) is 5.69 Å². The van der Waals surface area contributed by atoms with Gasteiger partial charge in [0, 0.05) is 18.8 Å². The van der Waals surface area contributed by atoms with Gasteiger partial charge in [-0.15, -0.1) is 0 Å².